The van der Waals surface area contributed by atoms with Crippen LogP contribution in [0.1, 0.15) is 78.7 Å². The molecule has 7 heteroatoms. The van der Waals surface area contributed by atoms with Crippen molar-refractivity contribution in [3.05, 3.63) is 56.5 Å². The molecule has 0 unspecified atom stereocenters. The molecule has 1 heterocycles. The number of rotatable bonds is 8. The molecule has 1 aromatic heterocycles. The van der Waals surface area contributed by atoms with E-state index in [1.807, 2.05) is 40.1 Å². The largest absolute Gasteiger partial charge is 0.369 e. The number of carbonyl (C=O) groups excluding carboxylic acids is 1. The summed E-state index contributed by atoms with van der Waals surface area (Å²) in [5.41, 5.74) is 5.10. The first-order chi connectivity index (χ1) is 16.8. The summed E-state index contributed by atoms with van der Waals surface area (Å²) in [4.78, 5) is 32.1. The fourth-order valence-electron chi connectivity index (χ4n) is 4.84. The Kier molecular flexibility index (Phi) is 11.9. The summed E-state index contributed by atoms with van der Waals surface area (Å²) in [6.07, 6.45) is 6.32. The highest BCUT2D eigenvalue weighted by Gasteiger charge is 2.24. The van der Waals surface area contributed by atoms with Gasteiger partial charge in [0.25, 0.3) is 11.5 Å². The van der Waals surface area contributed by atoms with E-state index >= 15 is 0 Å². The molecule has 0 atom stereocenters. The van der Waals surface area contributed by atoms with Gasteiger partial charge in [-0.25, -0.2) is 0 Å². The van der Waals surface area contributed by atoms with Crippen LogP contribution < -0.4 is 21.1 Å². The SMILES string of the molecule is CCSc1cc(C(=O)NCc2c(C)cc(C)[nH]c2=O)c(C)c(N(CC)C2CCCCC2)c1.CNC. The summed E-state index contributed by atoms with van der Waals surface area (Å²) in [5.74, 6) is 0.832. The van der Waals surface area contributed by atoms with Crippen LogP contribution in [-0.2, 0) is 6.54 Å². The summed E-state index contributed by atoms with van der Waals surface area (Å²) >= 11 is 1.76. The summed E-state index contributed by atoms with van der Waals surface area (Å²) in [5, 5.41) is 5.75. The Morgan fingerprint density at radius 2 is 1.74 bits per heavy atom. The molecule has 0 bridgehead atoms. The van der Waals surface area contributed by atoms with Crippen molar-refractivity contribution in [3.8, 4) is 0 Å². The lowest BCUT2D eigenvalue weighted by molar-refractivity contribution is 0.0950. The van der Waals surface area contributed by atoms with Crippen molar-refractivity contribution in [2.24, 2.45) is 0 Å². The number of aromatic nitrogens is 1. The third kappa shape index (κ3) is 7.87. The lowest BCUT2D eigenvalue weighted by Crippen LogP contribution is -2.37. The quantitative estimate of drug-likeness (QED) is 0.427. The average Bonchev–Trinajstić information content (AvgIpc) is 2.82. The van der Waals surface area contributed by atoms with Crippen LogP contribution in [0, 0.1) is 20.8 Å². The van der Waals surface area contributed by atoms with E-state index in [0.29, 0.717) is 17.2 Å². The predicted octanol–water partition coefficient (Wildman–Crippen LogP) is 5.34. The second kappa shape index (κ2) is 14.3. The van der Waals surface area contributed by atoms with Gasteiger partial charge in [-0.3, -0.25) is 9.59 Å². The fourth-order valence-corrected chi connectivity index (χ4v) is 5.57. The fraction of sp³-hybridized carbons (Fsp3) is 0.571. The lowest BCUT2D eigenvalue weighted by atomic mass is 9.93. The molecule has 194 valence electrons. The van der Waals surface area contributed by atoms with Crippen LogP contribution in [0.2, 0.25) is 0 Å². The molecular formula is C28H44N4O2S. The number of benzene rings is 1. The highest BCUT2D eigenvalue weighted by molar-refractivity contribution is 7.99. The van der Waals surface area contributed by atoms with Crippen LogP contribution in [-0.4, -0.2) is 43.3 Å². The first-order valence-corrected chi connectivity index (χ1v) is 13.9. The third-order valence-electron chi connectivity index (χ3n) is 6.49. The minimum Gasteiger partial charge on any atom is -0.369 e. The summed E-state index contributed by atoms with van der Waals surface area (Å²) in [7, 11) is 3.75. The first-order valence-electron chi connectivity index (χ1n) is 12.9. The van der Waals surface area contributed by atoms with Crippen LogP contribution in [0.4, 0.5) is 5.69 Å². The van der Waals surface area contributed by atoms with Gasteiger partial charge in [0, 0.05) is 46.5 Å². The molecule has 1 aliphatic carbocycles. The standard InChI is InChI=1S/C26H37N3O2S.C2H7N/c1-6-29(20-11-9-8-10-12-20)24-15-21(32-7-2)14-22(19(24)5)25(30)27-16-23-17(3)13-18(4)28-26(23)31;1-3-2/h13-15,20H,6-12,16H2,1-5H3,(H,27,30)(H,28,31);3H,1-2H3. The van der Waals surface area contributed by atoms with Crippen molar-refractivity contribution in [1.82, 2.24) is 15.6 Å². The molecule has 1 fully saturated rings. The number of aromatic amines is 1. The molecule has 0 saturated heterocycles. The Labute approximate surface area is 215 Å². The highest BCUT2D eigenvalue weighted by Crippen LogP contribution is 2.34. The summed E-state index contributed by atoms with van der Waals surface area (Å²) in [6.45, 7) is 11.3. The highest BCUT2D eigenvalue weighted by atomic mass is 32.2. The number of H-pyrrole nitrogens is 1. The monoisotopic (exact) mass is 500 g/mol. The maximum absolute atomic E-state index is 13.3. The van der Waals surface area contributed by atoms with E-state index in [1.165, 1.54) is 37.8 Å². The van der Waals surface area contributed by atoms with E-state index in [9.17, 15) is 9.59 Å². The van der Waals surface area contributed by atoms with Crippen LogP contribution in [0.25, 0.3) is 0 Å². The van der Waals surface area contributed by atoms with E-state index < -0.39 is 0 Å². The van der Waals surface area contributed by atoms with Crippen molar-refractivity contribution < 1.29 is 4.79 Å². The maximum atomic E-state index is 13.3. The zero-order chi connectivity index (χ0) is 26.0. The van der Waals surface area contributed by atoms with Gasteiger partial charge in [-0.1, -0.05) is 26.2 Å². The van der Waals surface area contributed by atoms with Crippen molar-refractivity contribution >= 4 is 23.4 Å². The smallest absolute Gasteiger partial charge is 0.253 e. The van der Waals surface area contributed by atoms with Crippen LogP contribution in [0.5, 0.6) is 0 Å². The van der Waals surface area contributed by atoms with Gasteiger partial charge in [0.1, 0.15) is 0 Å². The minimum absolute atomic E-state index is 0.124. The van der Waals surface area contributed by atoms with E-state index in [1.54, 1.807) is 11.8 Å². The number of aryl methyl sites for hydroxylation is 2. The van der Waals surface area contributed by atoms with Gasteiger partial charge >= 0.3 is 0 Å². The Balaban J connectivity index is 0.00000137. The molecule has 0 aliphatic heterocycles. The molecule has 0 radical (unpaired) electrons. The van der Waals surface area contributed by atoms with Gasteiger partial charge < -0.3 is 20.5 Å². The van der Waals surface area contributed by atoms with E-state index in [-0.39, 0.29) is 18.0 Å². The first kappa shape index (κ1) is 29.0. The second-order valence-electron chi connectivity index (χ2n) is 9.25. The van der Waals surface area contributed by atoms with Gasteiger partial charge in [0.05, 0.1) is 0 Å². The minimum atomic E-state index is -0.134. The Hall–Kier alpha value is -2.25. The van der Waals surface area contributed by atoms with Crippen LogP contribution in [0.15, 0.2) is 27.9 Å². The molecule has 6 nitrogen and oxygen atoms in total. The van der Waals surface area contributed by atoms with Gasteiger partial charge in [-0.15, -0.1) is 11.8 Å². The molecule has 35 heavy (non-hydrogen) atoms. The van der Waals surface area contributed by atoms with Crippen LogP contribution >= 0.6 is 11.8 Å². The number of nitrogens with one attached hydrogen (secondary N) is 3. The number of carbonyl (C=O) groups is 1. The molecule has 1 aliphatic rings. The zero-order valence-electron chi connectivity index (χ0n) is 22.6. The molecule has 2 aromatic rings. The van der Waals surface area contributed by atoms with Gasteiger partial charge in [0.15, 0.2) is 0 Å². The van der Waals surface area contributed by atoms with Crippen molar-refractivity contribution in [1.29, 1.82) is 0 Å². The number of thioether (sulfide) groups is 1. The normalized spacial score (nSPS) is 13.7. The van der Waals surface area contributed by atoms with Gasteiger partial charge in [-0.2, -0.15) is 0 Å². The molecule has 1 amide bonds. The summed E-state index contributed by atoms with van der Waals surface area (Å²) in [6, 6.07) is 6.74. The van der Waals surface area contributed by atoms with Crippen molar-refractivity contribution in [3.63, 3.8) is 0 Å². The van der Waals surface area contributed by atoms with Gasteiger partial charge in [-0.05, 0) is 89.7 Å². The molecule has 3 N–H and O–H groups in total. The molecule has 0 spiro atoms. The average molecular weight is 501 g/mol. The Bertz CT molecular complexity index is 1030. The second-order valence-corrected chi connectivity index (χ2v) is 10.6. The van der Waals surface area contributed by atoms with Crippen molar-refractivity contribution in [2.45, 2.75) is 84.2 Å². The van der Waals surface area contributed by atoms with E-state index in [2.05, 4.69) is 47.4 Å². The zero-order valence-corrected chi connectivity index (χ0v) is 23.5. The number of hydrogen-bond donors (Lipinski definition) is 3. The predicted molar refractivity (Wildman–Crippen MR) is 150 cm³/mol. The number of hydrogen-bond acceptors (Lipinski definition) is 5. The number of anilines is 1. The Morgan fingerprint density at radius 1 is 1.09 bits per heavy atom. The molecule has 1 aromatic carbocycles. The number of pyridine rings is 1. The number of nitrogens with zero attached hydrogens (tertiary/aromatic N) is 1. The van der Waals surface area contributed by atoms with E-state index in [4.69, 9.17) is 0 Å². The lowest BCUT2D eigenvalue weighted by Gasteiger charge is -2.37. The summed E-state index contributed by atoms with van der Waals surface area (Å²) < 4.78 is 0. The van der Waals surface area contributed by atoms with Crippen LogP contribution in [0.3, 0.4) is 0 Å². The molecule has 3 rings (SSSR count). The maximum Gasteiger partial charge on any atom is 0.253 e. The third-order valence-corrected chi connectivity index (χ3v) is 7.35. The topological polar surface area (TPSA) is 77.2 Å². The van der Waals surface area contributed by atoms with Crippen molar-refractivity contribution in [2.75, 3.05) is 31.3 Å². The van der Waals surface area contributed by atoms with E-state index in [0.717, 1.165) is 34.0 Å². The number of amides is 1. The molecule has 1 saturated carbocycles. The Morgan fingerprint density at radius 3 is 2.31 bits per heavy atom. The van der Waals surface area contributed by atoms with Gasteiger partial charge in [0.2, 0.25) is 0 Å². The molecular weight excluding hydrogens is 456 g/mol.